The first kappa shape index (κ1) is 15.1. The van der Waals surface area contributed by atoms with Gasteiger partial charge in [-0.05, 0) is 39.5 Å². The molecular weight excluding hydrogens is 304 g/mol. The van der Waals surface area contributed by atoms with Gasteiger partial charge in [-0.2, -0.15) is 0 Å². The first-order chi connectivity index (χ1) is 10.6. The number of hydrogen-bond acceptors (Lipinski definition) is 6. The number of aromatic amines is 1. The Hall–Kier alpha value is -1.83. The smallest absolute Gasteiger partial charge is 0.319 e. The molecule has 0 fully saturated rings. The van der Waals surface area contributed by atoms with Gasteiger partial charge in [0, 0.05) is 11.3 Å². The van der Waals surface area contributed by atoms with Crippen molar-refractivity contribution < 1.29 is 9.53 Å². The summed E-state index contributed by atoms with van der Waals surface area (Å²) >= 11 is 1.30. The Morgan fingerprint density at radius 2 is 2.18 bits per heavy atom. The number of fused-ring (bicyclic) bond motifs is 3. The lowest BCUT2D eigenvalue weighted by atomic mass is 9.97. The molecule has 0 bridgehead atoms. The minimum Gasteiger partial charge on any atom is -0.465 e. The summed E-state index contributed by atoms with van der Waals surface area (Å²) in [6.45, 7) is 3.91. The molecule has 7 nitrogen and oxygen atoms in total. The van der Waals surface area contributed by atoms with E-state index in [0.29, 0.717) is 17.5 Å². The molecule has 2 heterocycles. The van der Waals surface area contributed by atoms with Crippen molar-refractivity contribution in [3.8, 4) is 0 Å². The van der Waals surface area contributed by atoms with E-state index in [1.165, 1.54) is 11.8 Å². The largest absolute Gasteiger partial charge is 0.465 e. The normalized spacial score (nSPS) is 15.5. The third-order valence-electron chi connectivity index (χ3n) is 3.74. The van der Waals surface area contributed by atoms with Gasteiger partial charge in [-0.15, -0.1) is 10.2 Å². The topological polar surface area (TPSA) is 89.3 Å². The molecule has 0 aliphatic heterocycles. The average Bonchev–Trinajstić information content (AvgIpc) is 2.90. The second kappa shape index (κ2) is 6.12. The second-order valence-electron chi connectivity index (χ2n) is 5.24. The van der Waals surface area contributed by atoms with Crippen molar-refractivity contribution in [2.24, 2.45) is 0 Å². The Kier molecular flexibility index (Phi) is 4.19. The number of aromatic nitrogens is 4. The summed E-state index contributed by atoms with van der Waals surface area (Å²) in [7, 11) is 0. The molecule has 3 rings (SSSR count). The zero-order valence-electron chi connectivity index (χ0n) is 12.6. The molecule has 118 valence electrons. The highest BCUT2D eigenvalue weighted by molar-refractivity contribution is 8.00. The molecule has 1 unspecified atom stereocenters. The van der Waals surface area contributed by atoms with Gasteiger partial charge in [-0.3, -0.25) is 19.0 Å². The maximum Gasteiger partial charge on any atom is 0.319 e. The van der Waals surface area contributed by atoms with E-state index >= 15 is 0 Å². The van der Waals surface area contributed by atoms with Crippen molar-refractivity contribution in [3.63, 3.8) is 0 Å². The molecule has 0 amide bonds. The van der Waals surface area contributed by atoms with E-state index in [1.54, 1.807) is 13.8 Å². The van der Waals surface area contributed by atoms with E-state index in [1.807, 2.05) is 4.40 Å². The van der Waals surface area contributed by atoms with Gasteiger partial charge < -0.3 is 4.74 Å². The van der Waals surface area contributed by atoms with Gasteiger partial charge in [0.2, 0.25) is 5.78 Å². The number of carbonyl (C=O) groups excluding carboxylic acids is 1. The summed E-state index contributed by atoms with van der Waals surface area (Å²) in [5, 5.41) is 8.39. The Balaban J connectivity index is 2.01. The van der Waals surface area contributed by atoms with Gasteiger partial charge in [0.15, 0.2) is 5.16 Å². The van der Waals surface area contributed by atoms with Crippen LogP contribution in [-0.4, -0.2) is 37.4 Å². The molecule has 1 aliphatic rings. The zero-order chi connectivity index (χ0) is 15.7. The fourth-order valence-corrected chi connectivity index (χ4v) is 3.56. The van der Waals surface area contributed by atoms with Crippen LogP contribution in [0.5, 0.6) is 0 Å². The lowest BCUT2D eigenvalue weighted by molar-refractivity contribution is -0.142. The van der Waals surface area contributed by atoms with Crippen LogP contribution in [0.25, 0.3) is 5.78 Å². The number of aryl methyl sites for hydroxylation is 1. The van der Waals surface area contributed by atoms with E-state index in [0.717, 1.165) is 36.9 Å². The summed E-state index contributed by atoms with van der Waals surface area (Å²) < 4.78 is 6.89. The van der Waals surface area contributed by atoms with Crippen LogP contribution in [0.15, 0.2) is 9.95 Å². The number of H-pyrrole nitrogens is 1. The molecule has 2 aromatic heterocycles. The molecule has 1 aliphatic carbocycles. The van der Waals surface area contributed by atoms with E-state index in [2.05, 4.69) is 15.2 Å². The van der Waals surface area contributed by atoms with Gasteiger partial charge in [-0.25, -0.2) is 0 Å². The minimum atomic E-state index is -0.376. The van der Waals surface area contributed by atoms with Crippen LogP contribution in [0.4, 0.5) is 0 Å². The maximum atomic E-state index is 12.1. The van der Waals surface area contributed by atoms with Crippen molar-refractivity contribution >= 4 is 23.5 Å². The SMILES string of the molecule is CCOC(=O)C(C)Sc1nnc2[nH]c(=O)c3c(n12)CCCC3. The van der Waals surface area contributed by atoms with Crippen LogP contribution < -0.4 is 5.56 Å². The molecule has 8 heteroatoms. The summed E-state index contributed by atoms with van der Waals surface area (Å²) in [4.78, 5) is 26.6. The minimum absolute atomic E-state index is 0.0791. The van der Waals surface area contributed by atoms with E-state index in [-0.39, 0.29) is 16.8 Å². The molecule has 0 radical (unpaired) electrons. The molecule has 0 saturated carbocycles. The van der Waals surface area contributed by atoms with Crippen molar-refractivity contribution in [3.05, 3.63) is 21.6 Å². The van der Waals surface area contributed by atoms with Crippen molar-refractivity contribution in [2.75, 3.05) is 6.61 Å². The first-order valence-electron chi connectivity index (χ1n) is 7.44. The number of esters is 1. The molecular formula is C14H18N4O3S. The van der Waals surface area contributed by atoms with Crippen LogP contribution >= 0.6 is 11.8 Å². The highest BCUT2D eigenvalue weighted by atomic mass is 32.2. The molecule has 0 aromatic carbocycles. The molecule has 22 heavy (non-hydrogen) atoms. The first-order valence-corrected chi connectivity index (χ1v) is 8.32. The monoisotopic (exact) mass is 322 g/mol. The molecule has 2 aromatic rings. The molecule has 1 N–H and O–H groups in total. The predicted molar refractivity (Wildman–Crippen MR) is 82.2 cm³/mol. The number of carbonyl (C=O) groups is 1. The van der Waals surface area contributed by atoms with Gasteiger partial charge in [0.25, 0.3) is 5.56 Å². The number of nitrogens with one attached hydrogen (secondary N) is 1. The van der Waals surface area contributed by atoms with E-state index < -0.39 is 0 Å². The number of hydrogen-bond donors (Lipinski definition) is 1. The number of thioether (sulfide) groups is 1. The number of ether oxygens (including phenoxy) is 1. The van der Waals surface area contributed by atoms with Crippen LogP contribution in [0.3, 0.4) is 0 Å². The van der Waals surface area contributed by atoms with Crippen LogP contribution in [0.1, 0.15) is 37.9 Å². The third-order valence-corrected chi connectivity index (χ3v) is 4.76. The van der Waals surface area contributed by atoms with Crippen LogP contribution in [-0.2, 0) is 22.4 Å². The fourth-order valence-electron chi connectivity index (χ4n) is 2.69. The van der Waals surface area contributed by atoms with Gasteiger partial charge >= 0.3 is 5.97 Å². The van der Waals surface area contributed by atoms with E-state index in [9.17, 15) is 9.59 Å². The Bertz CT molecular complexity index is 767. The Morgan fingerprint density at radius 1 is 1.41 bits per heavy atom. The molecule has 1 atom stereocenters. The number of rotatable bonds is 4. The quantitative estimate of drug-likeness (QED) is 0.675. The van der Waals surface area contributed by atoms with Crippen molar-refractivity contribution in [1.29, 1.82) is 0 Å². The third kappa shape index (κ3) is 2.63. The lowest BCUT2D eigenvalue weighted by Crippen LogP contribution is -2.23. The fraction of sp³-hybridized carbons (Fsp3) is 0.571. The second-order valence-corrected chi connectivity index (χ2v) is 6.55. The molecule has 0 spiro atoms. The lowest BCUT2D eigenvalue weighted by Gasteiger charge is -2.17. The Morgan fingerprint density at radius 3 is 2.95 bits per heavy atom. The predicted octanol–water partition coefficient (Wildman–Crippen LogP) is 1.34. The zero-order valence-corrected chi connectivity index (χ0v) is 13.4. The van der Waals surface area contributed by atoms with Gasteiger partial charge in [0.1, 0.15) is 5.25 Å². The van der Waals surface area contributed by atoms with E-state index in [4.69, 9.17) is 4.74 Å². The highest BCUT2D eigenvalue weighted by Gasteiger charge is 2.23. The standard InChI is InChI=1S/C14H18N4O3S/c1-3-21-12(20)8(2)22-14-17-16-13-15-11(19)9-6-4-5-7-10(9)18(13)14/h8H,3-7H2,1-2H3,(H,15,16,19). The summed E-state index contributed by atoms with van der Waals surface area (Å²) in [5.74, 6) is 0.159. The van der Waals surface area contributed by atoms with Crippen molar-refractivity contribution in [2.45, 2.75) is 49.9 Å². The maximum absolute atomic E-state index is 12.1. The summed E-state index contributed by atoms with van der Waals surface area (Å²) in [5.41, 5.74) is 1.70. The Labute approximate surface area is 131 Å². The van der Waals surface area contributed by atoms with Crippen molar-refractivity contribution in [1.82, 2.24) is 19.6 Å². The number of nitrogens with zero attached hydrogens (tertiary/aromatic N) is 3. The molecule has 0 saturated heterocycles. The van der Waals surface area contributed by atoms with Gasteiger partial charge in [0.05, 0.1) is 6.61 Å². The summed E-state index contributed by atoms with van der Waals surface area (Å²) in [6, 6.07) is 0. The highest BCUT2D eigenvalue weighted by Crippen LogP contribution is 2.26. The summed E-state index contributed by atoms with van der Waals surface area (Å²) in [6.07, 6.45) is 3.66. The van der Waals surface area contributed by atoms with Crippen LogP contribution in [0.2, 0.25) is 0 Å². The van der Waals surface area contributed by atoms with Crippen LogP contribution in [0, 0.1) is 0 Å². The van der Waals surface area contributed by atoms with Gasteiger partial charge in [-0.1, -0.05) is 11.8 Å². The average molecular weight is 322 g/mol.